The first-order chi connectivity index (χ1) is 12.3. The van der Waals surface area contributed by atoms with Crippen LogP contribution in [0.25, 0.3) is 11.4 Å². The molecule has 0 amide bonds. The summed E-state index contributed by atoms with van der Waals surface area (Å²) in [5.41, 5.74) is -3.59. The van der Waals surface area contributed by atoms with Crippen LogP contribution in [-0.2, 0) is 6.18 Å². The molecule has 0 atom stereocenters. The topological polar surface area (TPSA) is 80.7 Å². The zero-order valence-electron chi connectivity index (χ0n) is 12.9. The average Bonchev–Trinajstić information content (AvgIpc) is 2.62. The fourth-order valence-corrected chi connectivity index (χ4v) is 2.33. The summed E-state index contributed by atoms with van der Waals surface area (Å²) in [4.78, 5) is 25.0. The van der Waals surface area contributed by atoms with Gasteiger partial charge in [0.15, 0.2) is 0 Å². The van der Waals surface area contributed by atoms with E-state index >= 15 is 0 Å². The summed E-state index contributed by atoms with van der Waals surface area (Å²) in [6.45, 7) is 0. The molecule has 0 saturated heterocycles. The van der Waals surface area contributed by atoms with Gasteiger partial charge in [-0.1, -0.05) is 24.3 Å². The second-order valence-electron chi connectivity index (χ2n) is 5.18. The Morgan fingerprint density at radius 2 is 1.62 bits per heavy atom. The van der Waals surface area contributed by atoms with E-state index in [2.05, 4.69) is 5.10 Å². The minimum atomic E-state index is -4.62. The summed E-state index contributed by atoms with van der Waals surface area (Å²) >= 11 is 0. The molecule has 6 nitrogen and oxygen atoms in total. The van der Waals surface area contributed by atoms with Crippen LogP contribution in [0, 0.1) is 11.3 Å². The molecule has 0 aliphatic heterocycles. The van der Waals surface area contributed by atoms with E-state index in [0.29, 0.717) is 9.25 Å². The van der Waals surface area contributed by atoms with Gasteiger partial charge in [0, 0.05) is 0 Å². The number of nitriles is 1. The molecule has 0 saturated carbocycles. The molecule has 0 radical (unpaired) electrons. The van der Waals surface area contributed by atoms with Crippen molar-refractivity contribution in [1.29, 1.82) is 5.26 Å². The van der Waals surface area contributed by atoms with Crippen LogP contribution in [0.2, 0.25) is 0 Å². The molecule has 1 heterocycles. The minimum Gasteiger partial charge on any atom is -0.265 e. The quantitative estimate of drug-likeness (QED) is 0.704. The Labute approximate surface area is 144 Å². The summed E-state index contributed by atoms with van der Waals surface area (Å²) in [7, 11) is 0. The highest BCUT2D eigenvalue weighted by molar-refractivity contribution is 5.38. The Bertz CT molecular complexity index is 1130. The first kappa shape index (κ1) is 17.2. The summed E-state index contributed by atoms with van der Waals surface area (Å²) in [5.74, 6) is 0. The minimum absolute atomic E-state index is 0.169. The first-order valence-electron chi connectivity index (χ1n) is 7.22. The number of benzene rings is 2. The molecule has 1 aromatic heterocycles. The lowest BCUT2D eigenvalue weighted by atomic mass is 10.2. The van der Waals surface area contributed by atoms with Crippen LogP contribution in [-0.4, -0.2) is 14.3 Å². The average molecular weight is 358 g/mol. The van der Waals surface area contributed by atoms with Crippen LogP contribution >= 0.6 is 0 Å². The van der Waals surface area contributed by atoms with E-state index in [4.69, 9.17) is 5.26 Å². The van der Waals surface area contributed by atoms with E-state index in [1.165, 1.54) is 18.2 Å². The van der Waals surface area contributed by atoms with Gasteiger partial charge in [-0.15, -0.1) is 5.10 Å². The largest absolute Gasteiger partial charge is 0.416 e. The second-order valence-corrected chi connectivity index (χ2v) is 5.18. The molecule has 9 heteroatoms. The van der Waals surface area contributed by atoms with Crippen molar-refractivity contribution in [3.63, 3.8) is 0 Å². The third-order valence-corrected chi connectivity index (χ3v) is 3.52. The predicted octanol–water partition coefficient (Wildman–Crippen LogP) is 2.27. The molecule has 3 aromatic rings. The predicted molar refractivity (Wildman–Crippen MR) is 85.1 cm³/mol. The molecule has 0 aliphatic carbocycles. The smallest absolute Gasteiger partial charge is 0.265 e. The van der Waals surface area contributed by atoms with E-state index in [0.717, 1.165) is 18.2 Å². The van der Waals surface area contributed by atoms with E-state index in [1.54, 1.807) is 24.3 Å². The molecule has 0 bridgehead atoms. The van der Waals surface area contributed by atoms with Crippen LogP contribution in [0.15, 0.2) is 64.2 Å². The Kier molecular flexibility index (Phi) is 4.18. The van der Waals surface area contributed by atoms with Gasteiger partial charge < -0.3 is 0 Å². The van der Waals surface area contributed by atoms with Crippen molar-refractivity contribution in [3.05, 3.63) is 86.7 Å². The molecule has 0 N–H and O–H groups in total. The summed E-state index contributed by atoms with van der Waals surface area (Å²) < 4.78 is 40.1. The molecule has 0 spiro atoms. The maximum absolute atomic E-state index is 12.9. The maximum atomic E-state index is 12.9. The van der Waals surface area contributed by atoms with Gasteiger partial charge in [0.2, 0.25) is 5.69 Å². The Hall–Kier alpha value is -3.67. The van der Waals surface area contributed by atoms with Gasteiger partial charge in [-0.05, 0) is 30.3 Å². The molecule has 3 rings (SSSR count). The van der Waals surface area contributed by atoms with Crippen LogP contribution in [0.4, 0.5) is 13.2 Å². The van der Waals surface area contributed by atoms with Crippen molar-refractivity contribution >= 4 is 0 Å². The molecule has 2 aromatic carbocycles. The number of hydrogen-bond acceptors (Lipinski definition) is 4. The first-order valence-corrected chi connectivity index (χ1v) is 7.22. The van der Waals surface area contributed by atoms with Gasteiger partial charge in [0.1, 0.15) is 6.07 Å². The maximum Gasteiger partial charge on any atom is 0.416 e. The lowest BCUT2D eigenvalue weighted by Gasteiger charge is -2.12. The fraction of sp³-hybridized carbons (Fsp3) is 0.0588. The van der Waals surface area contributed by atoms with Crippen molar-refractivity contribution in [2.45, 2.75) is 6.18 Å². The fourth-order valence-electron chi connectivity index (χ4n) is 2.33. The van der Waals surface area contributed by atoms with E-state index in [9.17, 15) is 22.8 Å². The SMILES string of the molecule is N#Cc1nn(-c2cccc(C(F)(F)F)c2)c(=O)n(-c2ccccc2)c1=O. The van der Waals surface area contributed by atoms with Gasteiger partial charge in [0.05, 0.1) is 16.9 Å². The lowest BCUT2D eigenvalue weighted by Crippen LogP contribution is -2.41. The van der Waals surface area contributed by atoms with Gasteiger partial charge in [-0.25, -0.2) is 9.36 Å². The number of nitrogens with zero attached hydrogens (tertiary/aromatic N) is 4. The zero-order valence-corrected chi connectivity index (χ0v) is 12.9. The van der Waals surface area contributed by atoms with Gasteiger partial charge >= 0.3 is 11.9 Å². The van der Waals surface area contributed by atoms with E-state index in [1.807, 2.05) is 0 Å². The van der Waals surface area contributed by atoms with Crippen molar-refractivity contribution in [1.82, 2.24) is 14.3 Å². The standard InChI is InChI=1S/C17H9F3N4O2/c18-17(19,20)11-5-4-8-13(9-11)24-16(26)23(12-6-2-1-3-7-12)15(25)14(10-21)22-24/h1-9H. The normalized spacial score (nSPS) is 11.2. The Balaban J connectivity index is 2.33. The highest BCUT2D eigenvalue weighted by Crippen LogP contribution is 2.29. The molecule has 26 heavy (non-hydrogen) atoms. The van der Waals surface area contributed by atoms with Crippen LogP contribution < -0.4 is 11.2 Å². The van der Waals surface area contributed by atoms with Gasteiger partial charge in [-0.2, -0.15) is 23.1 Å². The van der Waals surface area contributed by atoms with Crippen molar-refractivity contribution in [3.8, 4) is 17.4 Å². The molecule has 0 fully saturated rings. The van der Waals surface area contributed by atoms with Gasteiger partial charge in [0.25, 0.3) is 5.56 Å². The third-order valence-electron chi connectivity index (χ3n) is 3.52. The Morgan fingerprint density at radius 1 is 0.962 bits per heavy atom. The number of rotatable bonds is 2. The number of para-hydroxylation sites is 1. The van der Waals surface area contributed by atoms with E-state index < -0.39 is 28.7 Å². The summed E-state index contributed by atoms with van der Waals surface area (Å²) in [6, 6.07) is 13.2. The number of aromatic nitrogens is 3. The van der Waals surface area contributed by atoms with Crippen molar-refractivity contribution in [2.24, 2.45) is 0 Å². The van der Waals surface area contributed by atoms with Crippen LogP contribution in [0.3, 0.4) is 0 Å². The van der Waals surface area contributed by atoms with Gasteiger partial charge in [-0.3, -0.25) is 4.79 Å². The number of halogens is 3. The molecular weight excluding hydrogens is 349 g/mol. The number of hydrogen-bond donors (Lipinski definition) is 0. The highest BCUT2D eigenvalue weighted by atomic mass is 19.4. The Morgan fingerprint density at radius 3 is 2.23 bits per heavy atom. The van der Waals surface area contributed by atoms with Crippen molar-refractivity contribution < 1.29 is 13.2 Å². The number of alkyl halides is 3. The second kappa shape index (κ2) is 6.33. The molecule has 0 aliphatic rings. The van der Waals surface area contributed by atoms with E-state index in [-0.39, 0.29) is 11.4 Å². The third kappa shape index (κ3) is 3.00. The summed E-state index contributed by atoms with van der Waals surface area (Å²) in [5, 5.41) is 12.7. The summed E-state index contributed by atoms with van der Waals surface area (Å²) in [6.07, 6.45) is -4.62. The molecule has 0 unspecified atom stereocenters. The highest BCUT2D eigenvalue weighted by Gasteiger charge is 2.30. The van der Waals surface area contributed by atoms with Crippen molar-refractivity contribution in [2.75, 3.05) is 0 Å². The van der Waals surface area contributed by atoms with Crippen LogP contribution in [0.5, 0.6) is 0 Å². The zero-order chi connectivity index (χ0) is 18.9. The lowest BCUT2D eigenvalue weighted by molar-refractivity contribution is -0.137. The molecular formula is C17H9F3N4O2. The van der Waals surface area contributed by atoms with Crippen LogP contribution in [0.1, 0.15) is 11.3 Å². The monoisotopic (exact) mass is 358 g/mol. The molecule has 130 valence electrons.